The van der Waals surface area contributed by atoms with Crippen LogP contribution in [0, 0.1) is 29.1 Å². The highest BCUT2D eigenvalue weighted by atomic mass is 16.5. The topological polar surface area (TPSA) is 134 Å². The van der Waals surface area contributed by atoms with Gasteiger partial charge in [-0.1, -0.05) is 39.0 Å². The second kappa shape index (κ2) is 13.7. The number of esters is 2. The lowest BCUT2D eigenvalue weighted by Gasteiger charge is -2.44. The van der Waals surface area contributed by atoms with Crippen LogP contribution in [-0.2, 0) is 19.1 Å². The molecule has 2 rings (SSSR count). The highest BCUT2D eigenvalue weighted by molar-refractivity contribution is 5.76. The summed E-state index contributed by atoms with van der Waals surface area (Å²) >= 11 is 0. The molecular weight excluding hydrogens is 464 g/mol. The van der Waals surface area contributed by atoms with E-state index in [1.807, 2.05) is 20.8 Å². The van der Waals surface area contributed by atoms with Crippen LogP contribution in [0.2, 0.25) is 0 Å². The molecule has 0 bridgehead atoms. The first kappa shape index (κ1) is 30.5. The van der Waals surface area contributed by atoms with E-state index in [1.165, 1.54) is 5.57 Å². The zero-order valence-electron chi connectivity index (χ0n) is 22.4. The number of hydrogen-bond donors (Lipinski definition) is 4. The molecule has 4 N–H and O–H groups in total. The van der Waals surface area contributed by atoms with Crippen molar-refractivity contribution in [1.29, 1.82) is 0 Å². The average molecular weight is 511 g/mol. The number of allylic oxidation sites excluding steroid dienone is 3. The van der Waals surface area contributed by atoms with Crippen LogP contribution in [0.5, 0.6) is 0 Å². The van der Waals surface area contributed by atoms with Gasteiger partial charge in [0.1, 0.15) is 18.8 Å². The van der Waals surface area contributed by atoms with Gasteiger partial charge in [0.05, 0.1) is 30.7 Å². The third-order valence-electron chi connectivity index (χ3n) is 7.72. The molecule has 8 heteroatoms. The predicted molar refractivity (Wildman–Crippen MR) is 136 cm³/mol. The number of rotatable bonds is 13. The van der Waals surface area contributed by atoms with Gasteiger partial charge in [-0.05, 0) is 69.3 Å². The molecule has 2 aliphatic rings. The zero-order valence-corrected chi connectivity index (χ0v) is 22.4. The van der Waals surface area contributed by atoms with Crippen molar-refractivity contribution in [2.24, 2.45) is 29.1 Å². The van der Waals surface area contributed by atoms with E-state index in [4.69, 9.17) is 14.6 Å². The zero-order chi connectivity index (χ0) is 27.0. The van der Waals surface area contributed by atoms with Crippen LogP contribution in [-0.4, -0.2) is 70.0 Å². The van der Waals surface area contributed by atoms with E-state index >= 15 is 0 Å². The van der Waals surface area contributed by atoms with Gasteiger partial charge < -0.3 is 29.9 Å². The van der Waals surface area contributed by atoms with Gasteiger partial charge in [-0.3, -0.25) is 9.59 Å². The van der Waals surface area contributed by atoms with E-state index in [1.54, 1.807) is 0 Å². The summed E-state index contributed by atoms with van der Waals surface area (Å²) in [6.07, 6.45) is 5.67. The van der Waals surface area contributed by atoms with Crippen molar-refractivity contribution in [1.82, 2.24) is 0 Å². The molecule has 0 radical (unpaired) electrons. The quantitative estimate of drug-likeness (QED) is 0.278. The van der Waals surface area contributed by atoms with E-state index < -0.39 is 36.3 Å². The monoisotopic (exact) mass is 510 g/mol. The first-order valence-corrected chi connectivity index (χ1v) is 13.3. The third-order valence-corrected chi connectivity index (χ3v) is 7.72. The Kier molecular flexibility index (Phi) is 11.6. The Morgan fingerprint density at radius 2 is 1.83 bits per heavy atom. The Bertz CT molecular complexity index is 788. The van der Waals surface area contributed by atoms with Crippen LogP contribution in [0.3, 0.4) is 0 Å². The number of carbonyl (C=O) groups excluding carboxylic acids is 2. The van der Waals surface area contributed by atoms with Gasteiger partial charge in [-0.15, -0.1) is 0 Å². The van der Waals surface area contributed by atoms with Gasteiger partial charge in [0.15, 0.2) is 0 Å². The number of aliphatic hydroxyl groups excluding tert-OH is 4. The number of carbonyl (C=O) groups is 2. The maximum atomic E-state index is 12.9. The van der Waals surface area contributed by atoms with Crippen molar-refractivity contribution in [3.8, 4) is 0 Å². The highest BCUT2D eigenvalue weighted by Gasteiger charge is 2.42. The summed E-state index contributed by atoms with van der Waals surface area (Å²) in [5, 5.41) is 38.8. The van der Waals surface area contributed by atoms with Crippen molar-refractivity contribution in [2.45, 2.75) is 97.6 Å². The fourth-order valence-corrected chi connectivity index (χ4v) is 5.06. The molecule has 0 aliphatic heterocycles. The second-order valence-electron chi connectivity index (χ2n) is 11.3. The summed E-state index contributed by atoms with van der Waals surface area (Å²) in [6.45, 7) is 9.22. The maximum absolute atomic E-state index is 12.9. The van der Waals surface area contributed by atoms with Gasteiger partial charge in [-0.25, -0.2) is 0 Å². The minimum atomic E-state index is -1.15. The third kappa shape index (κ3) is 8.68. The molecule has 0 aromatic rings. The lowest BCUT2D eigenvalue weighted by atomic mass is 9.65. The molecule has 0 saturated carbocycles. The van der Waals surface area contributed by atoms with Crippen molar-refractivity contribution in [2.75, 3.05) is 13.2 Å². The van der Waals surface area contributed by atoms with Crippen molar-refractivity contribution in [3.05, 3.63) is 23.8 Å². The van der Waals surface area contributed by atoms with Gasteiger partial charge in [-0.2, -0.15) is 0 Å². The van der Waals surface area contributed by atoms with Crippen LogP contribution in [0.25, 0.3) is 0 Å². The summed E-state index contributed by atoms with van der Waals surface area (Å²) in [4.78, 5) is 24.7. The highest BCUT2D eigenvalue weighted by Crippen LogP contribution is 2.45. The van der Waals surface area contributed by atoms with Gasteiger partial charge in [0, 0.05) is 5.92 Å². The molecule has 36 heavy (non-hydrogen) atoms. The molecule has 8 atom stereocenters. The predicted octanol–water partition coefficient (Wildman–Crippen LogP) is 2.92. The molecule has 0 spiro atoms. The Labute approximate surface area is 215 Å². The summed E-state index contributed by atoms with van der Waals surface area (Å²) in [5.41, 5.74) is 0.645. The molecule has 0 saturated heterocycles. The fourth-order valence-electron chi connectivity index (χ4n) is 5.06. The van der Waals surface area contributed by atoms with Crippen LogP contribution in [0.15, 0.2) is 23.8 Å². The Balaban J connectivity index is 1.99. The van der Waals surface area contributed by atoms with Crippen molar-refractivity contribution in [3.63, 3.8) is 0 Å². The molecule has 0 unspecified atom stereocenters. The van der Waals surface area contributed by atoms with Crippen LogP contribution >= 0.6 is 0 Å². The first-order valence-electron chi connectivity index (χ1n) is 13.3. The Hall–Kier alpha value is -1.74. The summed E-state index contributed by atoms with van der Waals surface area (Å²) in [7, 11) is 0. The van der Waals surface area contributed by atoms with E-state index in [2.05, 4.69) is 32.1 Å². The summed E-state index contributed by atoms with van der Waals surface area (Å²) < 4.78 is 10.9. The Morgan fingerprint density at radius 1 is 1.14 bits per heavy atom. The van der Waals surface area contributed by atoms with Crippen LogP contribution in [0.4, 0.5) is 0 Å². The fraction of sp³-hybridized carbons (Fsp3) is 0.786. The average Bonchev–Trinajstić information content (AvgIpc) is 2.81. The maximum Gasteiger partial charge on any atom is 0.311 e. The standard InChI is InChI=1S/C28H46O8/c1-6-28(4,5)27(34)36-24-12-17(2)11-19-8-7-18(3)23(26(19)24)10-9-20(30)13-21(31)14-25(33)35-16-22(32)15-29/h7-8,11,17-18,20-24,26,29-32H,6,9-10,12-16H2,1-5H3/t17-,18-,20+,21+,22+,23-,24-,26-/m0/s1. The number of ether oxygens (including phenoxy) is 2. The van der Waals surface area contributed by atoms with Gasteiger partial charge in [0.2, 0.25) is 0 Å². The van der Waals surface area contributed by atoms with Gasteiger partial charge >= 0.3 is 11.9 Å². The molecule has 0 heterocycles. The van der Waals surface area contributed by atoms with E-state index in [0.717, 1.165) is 6.42 Å². The summed E-state index contributed by atoms with van der Waals surface area (Å²) in [6, 6.07) is 0. The van der Waals surface area contributed by atoms with Crippen molar-refractivity contribution >= 4 is 11.9 Å². The Morgan fingerprint density at radius 3 is 2.47 bits per heavy atom. The van der Waals surface area contributed by atoms with Crippen LogP contribution in [0.1, 0.15) is 73.1 Å². The minimum absolute atomic E-state index is 0.0299. The van der Waals surface area contributed by atoms with Crippen molar-refractivity contribution < 1.29 is 39.5 Å². The number of aliphatic hydroxyl groups is 4. The van der Waals surface area contributed by atoms with Crippen LogP contribution < -0.4 is 0 Å². The molecule has 206 valence electrons. The number of fused-ring (bicyclic) bond motifs is 1. The molecule has 0 fully saturated rings. The largest absolute Gasteiger partial charge is 0.463 e. The molecular formula is C28H46O8. The first-order chi connectivity index (χ1) is 16.9. The molecule has 8 nitrogen and oxygen atoms in total. The SMILES string of the molecule is CCC(C)(C)C(=O)O[C@H]1C[C@@H](C)C=C2C=C[C@H](C)[C@H](CC[C@@H](O)C[C@@H](O)CC(=O)OC[C@H](O)CO)[C@H]21. The second-order valence-corrected chi connectivity index (χ2v) is 11.3. The normalized spacial score (nSPS) is 28.5. The molecule has 0 amide bonds. The van der Waals surface area contributed by atoms with E-state index in [-0.39, 0.29) is 49.3 Å². The lowest BCUT2D eigenvalue weighted by molar-refractivity contribution is -0.164. The number of hydrogen-bond acceptors (Lipinski definition) is 8. The lowest BCUT2D eigenvalue weighted by Crippen LogP contribution is -2.43. The minimum Gasteiger partial charge on any atom is -0.463 e. The van der Waals surface area contributed by atoms with E-state index in [9.17, 15) is 24.9 Å². The molecule has 0 aromatic carbocycles. The van der Waals surface area contributed by atoms with E-state index in [0.29, 0.717) is 25.2 Å². The van der Waals surface area contributed by atoms with Gasteiger partial charge in [0.25, 0.3) is 0 Å². The molecule has 2 aliphatic carbocycles. The summed E-state index contributed by atoms with van der Waals surface area (Å²) in [5.74, 6) is -0.0942. The molecule has 0 aromatic heterocycles. The smallest absolute Gasteiger partial charge is 0.311 e.